The van der Waals surface area contributed by atoms with E-state index >= 15 is 0 Å². The predicted octanol–water partition coefficient (Wildman–Crippen LogP) is 4.08. The van der Waals surface area contributed by atoms with Gasteiger partial charge in [0.2, 0.25) is 0 Å². The van der Waals surface area contributed by atoms with Crippen LogP contribution in [0.1, 0.15) is 15.2 Å². The molecule has 0 saturated carbocycles. The maximum Gasteiger partial charge on any atom is 0.171 e. The number of methoxy groups -OCH3 is 1. The van der Waals surface area contributed by atoms with Crippen LogP contribution >= 0.6 is 27.3 Å². The lowest BCUT2D eigenvalue weighted by Gasteiger charge is -2.04. The van der Waals surface area contributed by atoms with Crippen LogP contribution in [0.25, 0.3) is 0 Å². The summed E-state index contributed by atoms with van der Waals surface area (Å²) in [6, 6.07) is 7.99. The van der Waals surface area contributed by atoms with Crippen LogP contribution < -0.4 is 4.74 Å². The van der Waals surface area contributed by atoms with Crippen LogP contribution in [-0.2, 0) is 6.42 Å². The van der Waals surface area contributed by atoms with Crippen LogP contribution in [-0.4, -0.2) is 12.9 Å². The highest BCUT2D eigenvalue weighted by molar-refractivity contribution is 9.11. The van der Waals surface area contributed by atoms with Crippen molar-refractivity contribution in [3.8, 4) is 5.75 Å². The van der Waals surface area contributed by atoms with Crippen LogP contribution in [0, 0.1) is 5.82 Å². The number of thiophene rings is 1. The van der Waals surface area contributed by atoms with Crippen molar-refractivity contribution in [3.05, 3.63) is 50.4 Å². The molecule has 0 atom stereocenters. The summed E-state index contributed by atoms with van der Waals surface area (Å²) in [6.45, 7) is 0. The van der Waals surface area contributed by atoms with E-state index in [1.807, 2.05) is 12.1 Å². The molecule has 0 spiro atoms. The van der Waals surface area contributed by atoms with Crippen molar-refractivity contribution >= 4 is 33.0 Å². The molecular weight excluding hydrogens is 319 g/mol. The Morgan fingerprint density at radius 1 is 1.39 bits per heavy atom. The van der Waals surface area contributed by atoms with E-state index in [4.69, 9.17) is 4.74 Å². The first-order chi connectivity index (χ1) is 8.60. The number of ether oxygens (including phenoxy) is 1. The Morgan fingerprint density at radius 3 is 2.72 bits per heavy atom. The smallest absolute Gasteiger partial charge is 0.171 e. The van der Waals surface area contributed by atoms with E-state index in [2.05, 4.69) is 15.9 Å². The zero-order valence-corrected chi connectivity index (χ0v) is 12.0. The monoisotopic (exact) mass is 328 g/mol. The van der Waals surface area contributed by atoms with Gasteiger partial charge in [-0.3, -0.25) is 4.79 Å². The summed E-state index contributed by atoms with van der Waals surface area (Å²) < 4.78 is 19.5. The fourth-order valence-electron chi connectivity index (χ4n) is 1.55. The number of carbonyl (C=O) groups excluding carboxylic acids is 1. The molecule has 0 unspecified atom stereocenters. The first kappa shape index (κ1) is 13.2. The molecule has 2 rings (SSSR count). The SMILES string of the molecule is COc1ccc(C(=O)Cc2ccc(Br)s2)c(F)c1. The number of ketones is 1. The molecule has 2 nitrogen and oxygen atoms in total. The molecule has 1 aromatic carbocycles. The molecule has 94 valence electrons. The highest BCUT2D eigenvalue weighted by Gasteiger charge is 2.14. The molecule has 1 aromatic heterocycles. The van der Waals surface area contributed by atoms with Crippen molar-refractivity contribution in [3.63, 3.8) is 0 Å². The van der Waals surface area contributed by atoms with Gasteiger partial charge in [-0.05, 0) is 40.2 Å². The van der Waals surface area contributed by atoms with Crippen molar-refractivity contribution in [1.82, 2.24) is 0 Å². The quantitative estimate of drug-likeness (QED) is 0.790. The minimum absolute atomic E-state index is 0.0975. The van der Waals surface area contributed by atoms with Crippen LogP contribution in [0.15, 0.2) is 34.1 Å². The molecule has 0 amide bonds. The van der Waals surface area contributed by atoms with E-state index in [1.165, 1.54) is 30.6 Å². The predicted molar refractivity (Wildman–Crippen MR) is 73.0 cm³/mol. The topological polar surface area (TPSA) is 26.3 Å². The second-order valence-corrected chi connectivity index (χ2v) is 6.20. The summed E-state index contributed by atoms with van der Waals surface area (Å²) in [5, 5.41) is 0. The summed E-state index contributed by atoms with van der Waals surface area (Å²) >= 11 is 4.80. The van der Waals surface area contributed by atoms with E-state index in [1.54, 1.807) is 6.07 Å². The van der Waals surface area contributed by atoms with Gasteiger partial charge in [0.1, 0.15) is 11.6 Å². The number of Topliss-reactive ketones (excluding diaryl/α,β-unsaturated/α-hetero) is 1. The van der Waals surface area contributed by atoms with Crippen LogP contribution in [0.3, 0.4) is 0 Å². The first-order valence-electron chi connectivity index (χ1n) is 5.21. The zero-order chi connectivity index (χ0) is 13.1. The average Bonchev–Trinajstić information content (AvgIpc) is 2.74. The summed E-state index contributed by atoms with van der Waals surface area (Å²) in [5.74, 6) is -0.373. The Morgan fingerprint density at radius 2 is 2.17 bits per heavy atom. The maximum absolute atomic E-state index is 13.7. The van der Waals surface area contributed by atoms with Crippen LogP contribution in [0.4, 0.5) is 4.39 Å². The summed E-state index contributed by atoms with van der Waals surface area (Å²) in [6.07, 6.45) is 0.208. The van der Waals surface area contributed by atoms with Gasteiger partial charge in [-0.2, -0.15) is 0 Å². The number of benzene rings is 1. The Labute approximate surface area is 117 Å². The molecule has 1 heterocycles. The largest absolute Gasteiger partial charge is 0.497 e. The van der Waals surface area contributed by atoms with Gasteiger partial charge in [0.25, 0.3) is 0 Å². The second-order valence-electron chi connectivity index (χ2n) is 3.65. The summed E-state index contributed by atoms with van der Waals surface area (Å²) in [5.41, 5.74) is 0.0975. The lowest BCUT2D eigenvalue weighted by atomic mass is 10.1. The third-order valence-electron chi connectivity index (χ3n) is 2.44. The van der Waals surface area contributed by atoms with E-state index in [0.29, 0.717) is 5.75 Å². The molecule has 0 N–H and O–H groups in total. The molecule has 18 heavy (non-hydrogen) atoms. The Balaban J connectivity index is 2.18. The van der Waals surface area contributed by atoms with E-state index in [0.717, 1.165) is 8.66 Å². The zero-order valence-electron chi connectivity index (χ0n) is 9.57. The van der Waals surface area contributed by atoms with Gasteiger partial charge in [-0.25, -0.2) is 4.39 Å². The highest BCUT2D eigenvalue weighted by atomic mass is 79.9. The molecule has 0 fully saturated rings. The highest BCUT2D eigenvalue weighted by Crippen LogP contribution is 2.24. The van der Waals surface area contributed by atoms with Crippen LogP contribution in [0.5, 0.6) is 5.75 Å². The lowest BCUT2D eigenvalue weighted by molar-refractivity contribution is 0.0990. The summed E-state index contributed by atoms with van der Waals surface area (Å²) in [7, 11) is 1.46. The molecule has 0 aliphatic carbocycles. The molecule has 0 saturated heterocycles. The van der Waals surface area contributed by atoms with Crippen molar-refractivity contribution < 1.29 is 13.9 Å². The normalized spacial score (nSPS) is 10.4. The number of hydrogen-bond acceptors (Lipinski definition) is 3. The van der Waals surface area contributed by atoms with Gasteiger partial charge >= 0.3 is 0 Å². The molecular formula is C13H10BrFO2S. The number of hydrogen-bond donors (Lipinski definition) is 0. The second kappa shape index (κ2) is 5.63. The van der Waals surface area contributed by atoms with E-state index in [-0.39, 0.29) is 17.8 Å². The Bertz CT molecular complexity index is 580. The van der Waals surface area contributed by atoms with Crippen molar-refractivity contribution in [1.29, 1.82) is 0 Å². The van der Waals surface area contributed by atoms with E-state index < -0.39 is 5.82 Å². The van der Waals surface area contributed by atoms with Gasteiger partial charge in [0.05, 0.1) is 16.5 Å². The summed E-state index contributed by atoms with van der Waals surface area (Å²) in [4.78, 5) is 12.9. The Hall–Kier alpha value is -1.20. The van der Waals surface area contributed by atoms with Crippen molar-refractivity contribution in [2.75, 3.05) is 7.11 Å². The van der Waals surface area contributed by atoms with Gasteiger partial charge in [-0.1, -0.05) is 0 Å². The van der Waals surface area contributed by atoms with Crippen molar-refractivity contribution in [2.45, 2.75) is 6.42 Å². The van der Waals surface area contributed by atoms with Crippen molar-refractivity contribution in [2.24, 2.45) is 0 Å². The number of carbonyl (C=O) groups is 1. The lowest BCUT2D eigenvalue weighted by Crippen LogP contribution is -2.05. The molecule has 0 radical (unpaired) electrons. The fraction of sp³-hybridized carbons (Fsp3) is 0.154. The van der Waals surface area contributed by atoms with Gasteiger partial charge < -0.3 is 4.74 Å². The van der Waals surface area contributed by atoms with Gasteiger partial charge in [0, 0.05) is 17.4 Å². The standard InChI is InChI=1S/C13H10BrFO2S/c1-17-8-2-4-10(11(15)6-8)12(16)7-9-3-5-13(14)18-9/h2-6H,7H2,1H3. The third-order valence-corrected chi connectivity index (χ3v) is 4.06. The van der Waals surface area contributed by atoms with Crippen LogP contribution in [0.2, 0.25) is 0 Å². The Kier molecular flexibility index (Phi) is 4.14. The first-order valence-corrected chi connectivity index (χ1v) is 6.82. The molecule has 5 heteroatoms. The molecule has 0 aliphatic heterocycles. The number of rotatable bonds is 4. The minimum atomic E-state index is -0.546. The average molecular weight is 329 g/mol. The fourth-order valence-corrected chi connectivity index (χ4v) is 3.03. The van der Waals surface area contributed by atoms with Gasteiger partial charge in [-0.15, -0.1) is 11.3 Å². The molecule has 2 aromatic rings. The maximum atomic E-state index is 13.7. The van der Waals surface area contributed by atoms with Gasteiger partial charge in [0.15, 0.2) is 5.78 Å². The molecule has 0 aliphatic rings. The third kappa shape index (κ3) is 2.97. The molecule has 0 bridgehead atoms. The van der Waals surface area contributed by atoms with E-state index in [9.17, 15) is 9.18 Å². The minimum Gasteiger partial charge on any atom is -0.497 e. The number of halogens is 2.